The van der Waals surface area contributed by atoms with Crippen molar-refractivity contribution in [1.29, 1.82) is 0 Å². The third-order valence-electron chi connectivity index (χ3n) is 6.61. The summed E-state index contributed by atoms with van der Waals surface area (Å²) in [6.07, 6.45) is 2.71. The number of imidazole rings is 1. The molecule has 0 bridgehead atoms. The Morgan fingerprint density at radius 1 is 1.21 bits per heavy atom. The molecule has 2 atom stereocenters. The van der Waals surface area contributed by atoms with Gasteiger partial charge in [-0.25, -0.2) is 27.1 Å². The number of carbonyl (C=O) groups is 1. The average molecular weight is 474 g/mol. The van der Waals surface area contributed by atoms with Gasteiger partial charge >= 0.3 is 5.97 Å². The highest BCUT2D eigenvalue weighted by molar-refractivity contribution is 5.81. The number of nitrogens with zero attached hydrogens (tertiary/aromatic N) is 2. The molecule has 1 fully saturated rings. The number of hydrogen-bond donors (Lipinski definition) is 1. The van der Waals surface area contributed by atoms with Crippen LogP contribution >= 0.6 is 0 Å². The summed E-state index contributed by atoms with van der Waals surface area (Å²) in [6.45, 7) is 2.92. The number of aliphatic hydroxyl groups is 1. The van der Waals surface area contributed by atoms with Crippen LogP contribution in [0, 0.1) is 18.7 Å². The molecule has 1 N–H and O–H groups in total. The fraction of sp³-hybridized carbons (Fsp3) is 0.385. The van der Waals surface area contributed by atoms with E-state index < -0.39 is 42.1 Å². The van der Waals surface area contributed by atoms with Gasteiger partial charge in [0.25, 0.3) is 5.82 Å². The van der Waals surface area contributed by atoms with Crippen LogP contribution in [-0.2, 0) is 28.2 Å². The number of rotatable bonds is 8. The van der Waals surface area contributed by atoms with Crippen molar-refractivity contribution in [2.75, 3.05) is 6.61 Å². The lowest BCUT2D eigenvalue weighted by molar-refractivity contribution is -0.694. The highest BCUT2D eigenvalue weighted by atomic mass is 19.3. The number of esters is 1. The minimum Gasteiger partial charge on any atom is -0.459 e. The molecule has 34 heavy (non-hydrogen) atoms. The molecule has 1 aliphatic carbocycles. The molecule has 0 aliphatic heterocycles. The highest BCUT2D eigenvalue weighted by Crippen LogP contribution is 2.47. The first-order chi connectivity index (χ1) is 16.2. The average Bonchev–Trinajstić information content (AvgIpc) is 3.36. The number of ether oxygens (including phenoxy) is 1. The molecule has 1 heterocycles. The van der Waals surface area contributed by atoms with E-state index in [1.165, 1.54) is 12.1 Å². The Morgan fingerprint density at radius 3 is 2.56 bits per heavy atom. The molecule has 1 saturated carbocycles. The Labute approximate surface area is 196 Å². The molecule has 180 valence electrons. The second-order valence-corrected chi connectivity index (χ2v) is 8.86. The van der Waals surface area contributed by atoms with Crippen molar-refractivity contribution in [3.8, 4) is 0 Å². The number of halogens is 3. The van der Waals surface area contributed by atoms with E-state index >= 15 is 0 Å². The first-order valence-corrected chi connectivity index (χ1v) is 11.3. The van der Waals surface area contributed by atoms with Crippen LogP contribution in [0.3, 0.4) is 0 Å². The number of carbonyl (C=O) groups excluding carboxylic acids is 1. The van der Waals surface area contributed by atoms with E-state index in [4.69, 9.17) is 4.74 Å². The van der Waals surface area contributed by atoms with Crippen LogP contribution in [0.15, 0.2) is 67.0 Å². The van der Waals surface area contributed by atoms with Crippen LogP contribution in [-0.4, -0.2) is 28.2 Å². The molecule has 0 amide bonds. The van der Waals surface area contributed by atoms with Crippen molar-refractivity contribution < 1.29 is 32.4 Å². The number of alkyl halides is 2. The third kappa shape index (κ3) is 5.01. The largest absolute Gasteiger partial charge is 0.459 e. The fourth-order valence-electron chi connectivity index (χ4n) is 4.60. The summed E-state index contributed by atoms with van der Waals surface area (Å²) in [4.78, 5) is 13.0. The smallest absolute Gasteiger partial charge is 0.343 e. The van der Waals surface area contributed by atoms with Gasteiger partial charge in [0.1, 0.15) is 37.9 Å². The van der Waals surface area contributed by atoms with Crippen molar-refractivity contribution in [2.45, 2.75) is 50.8 Å². The summed E-state index contributed by atoms with van der Waals surface area (Å²) < 4.78 is 50.6. The first kappa shape index (κ1) is 24.0. The summed E-state index contributed by atoms with van der Waals surface area (Å²) in [7, 11) is 0. The van der Waals surface area contributed by atoms with Crippen molar-refractivity contribution in [2.24, 2.45) is 5.92 Å². The van der Waals surface area contributed by atoms with Crippen LogP contribution in [0.5, 0.6) is 0 Å². The van der Waals surface area contributed by atoms with E-state index in [2.05, 4.69) is 4.57 Å². The molecule has 8 heteroatoms. The minimum absolute atomic E-state index is 0.0355. The maximum Gasteiger partial charge on any atom is 0.343 e. The topological polar surface area (TPSA) is 55.3 Å². The van der Waals surface area contributed by atoms with Gasteiger partial charge in [-0.15, -0.1) is 0 Å². The van der Waals surface area contributed by atoms with Crippen LogP contribution in [0.1, 0.15) is 36.2 Å². The molecule has 0 radical (unpaired) electrons. The van der Waals surface area contributed by atoms with Crippen molar-refractivity contribution in [3.63, 3.8) is 0 Å². The van der Waals surface area contributed by atoms with E-state index in [9.17, 15) is 23.1 Å². The molecule has 0 saturated heterocycles. The van der Waals surface area contributed by atoms with Crippen molar-refractivity contribution in [3.05, 3.63) is 89.8 Å². The lowest BCUT2D eigenvalue weighted by Gasteiger charge is -2.32. The quantitative estimate of drug-likeness (QED) is 0.395. The molecule has 1 aromatic heterocycles. The minimum atomic E-state index is -2.96. The normalized spacial score (nSPS) is 19.0. The summed E-state index contributed by atoms with van der Waals surface area (Å²) in [5.41, 5.74) is -1.07. The van der Waals surface area contributed by atoms with E-state index in [1.54, 1.807) is 0 Å². The number of aromatic nitrogens is 2. The molecule has 4 rings (SSSR count). The lowest BCUT2D eigenvalue weighted by Crippen LogP contribution is -2.44. The van der Waals surface area contributed by atoms with E-state index in [0.29, 0.717) is 13.1 Å². The monoisotopic (exact) mass is 473 g/mol. The van der Waals surface area contributed by atoms with Gasteiger partial charge in [0.2, 0.25) is 5.92 Å². The van der Waals surface area contributed by atoms with E-state index in [-0.39, 0.29) is 18.6 Å². The van der Waals surface area contributed by atoms with E-state index in [0.717, 1.165) is 23.5 Å². The van der Waals surface area contributed by atoms with Crippen LogP contribution < -0.4 is 4.57 Å². The molecule has 5 nitrogen and oxygen atoms in total. The van der Waals surface area contributed by atoms with Crippen molar-refractivity contribution >= 4 is 5.97 Å². The fourth-order valence-corrected chi connectivity index (χ4v) is 4.60. The van der Waals surface area contributed by atoms with Gasteiger partial charge < -0.3 is 9.84 Å². The van der Waals surface area contributed by atoms with Gasteiger partial charge in [-0.1, -0.05) is 42.5 Å². The summed E-state index contributed by atoms with van der Waals surface area (Å²) >= 11 is 0. The summed E-state index contributed by atoms with van der Waals surface area (Å²) in [6, 6.07) is 14.7. The molecular weight excluding hydrogens is 445 g/mol. The Bertz CT molecular complexity index is 1130. The Hall–Kier alpha value is -3.13. The molecule has 2 aromatic carbocycles. The maximum atomic E-state index is 13.9. The third-order valence-corrected chi connectivity index (χ3v) is 6.61. The molecule has 1 aliphatic rings. The van der Waals surface area contributed by atoms with Crippen LogP contribution in [0.2, 0.25) is 0 Å². The first-order valence-electron chi connectivity index (χ1n) is 11.3. The molecular formula is C26H28F3N2O3+. The highest BCUT2D eigenvalue weighted by Gasteiger charge is 2.54. The maximum absolute atomic E-state index is 13.9. The molecule has 0 spiro atoms. The van der Waals surface area contributed by atoms with Crippen LogP contribution in [0.25, 0.3) is 0 Å². The van der Waals surface area contributed by atoms with Gasteiger partial charge in [-0.3, -0.25) is 0 Å². The van der Waals surface area contributed by atoms with Gasteiger partial charge in [-0.05, 0) is 29.7 Å². The van der Waals surface area contributed by atoms with Gasteiger partial charge in [0, 0.05) is 25.7 Å². The van der Waals surface area contributed by atoms with Crippen LogP contribution in [0.4, 0.5) is 13.2 Å². The van der Waals surface area contributed by atoms with Gasteiger partial charge in [0.05, 0.1) is 0 Å². The predicted molar refractivity (Wildman–Crippen MR) is 118 cm³/mol. The second kappa shape index (κ2) is 9.62. The Morgan fingerprint density at radius 2 is 1.91 bits per heavy atom. The zero-order chi connectivity index (χ0) is 24.3. The summed E-state index contributed by atoms with van der Waals surface area (Å²) in [5.74, 6) is -4.59. The van der Waals surface area contributed by atoms with Gasteiger partial charge in [-0.2, -0.15) is 0 Å². The standard InChI is InChI=1S/C26H28F3N2O3/c1-19-30(13-14-31(19)18-20-5-3-2-4-6-20)15-16-34-24(32)26(33,21-7-9-23(27)10-8-21)22-11-12-25(28,29)17-22/h2-10,13-14,22,33H,11-12,15-18H2,1H3/q+1/t22-,26+/m1/s1. The Balaban J connectivity index is 1.45. The van der Waals surface area contributed by atoms with E-state index in [1.807, 2.05) is 54.2 Å². The number of hydrogen-bond acceptors (Lipinski definition) is 3. The molecule has 0 unspecified atom stereocenters. The zero-order valence-electron chi connectivity index (χ0n) is 19.0. The predicted octanol–water partition coefficient (Wildman–Crippen LogP) is 4.14. The Kier molecular flexibility index (Phi) is 6.79. The SMILES string of the molecule is Cc1n(CCOC(=O)[C@](O)(c2ccc(F)cc2)[C@@H]2CCC(F)(F)C2)cc[n+]1Cc1ccccc1. The lowest BCUT2D eigenvalue weighted by atomic mass is 9.80. The second-order valence-electron chi connectivity index (χ2n) is 8.86. The molecule has 3 aromatic rings. The zero-order valence-corrected chi connectivity index (χ0v) is 19.0. The summed E-state index contributed by atoms with van der Waals surface area (Å²) in [5, 5.41) is 11.4. The van der Waals surface area contributed by atoms with Crippen molar-refractivity contribution in [1.82, 2.24) is 4.57 Å². The number of benzene rings is 2. The van der Waals surface area contributed by atoms with Gasteiger partial charge in [0.15, 0.2) is 5.60 Å².